The van der Waals surface area contributed by atoms with Crippen molar-refractivity contribution in [2.45, 2.75) is 32.6 Å². The van der Waals surface area contributed by atoms with Crippen LogP contribution in [-0.4, -0.2) is 25.8 Å². The summed E-state index contributed by atoms with van der Waals surface area (Å²) in [5, 5.41) is 6.21. The van der Waals surface area contributed by atoms with Gasteiger partial charge in [0.15, 0.2) is 16.0 Å². The number of anilines is 1. The topological polar surface area (TPSA) is 80.7 Å². The first kappa shape index (κ1) is 16.3. The minimum atomic E-state index is -0.0926. The molecule has 0 unspecified atom stereocenters. The highest BCUT2D eigenvalue weighted by Gasteiger charge is 2.20. The minimum absolute atomic E-state index is 0.0926. The molecule has 0 bridgehead atoms. The van der Waals surface area contributed by atoms with Crippen molar-refractivity contribution < 1.29 is 4.79 Å². The maximum atomic E-state index is 12.3. The molecular formula is C17H17N5OS2. The molecule has 0 spiro atoms. The molecule has 3 heterocycles. The minimum Gasteiger partial charge on any atom is -0.302 e. The number of carbonyl (C=O) groups excluding carboxylic acids is 1. The van der Waals surface area contributed by atoms with Gasteiger partial charge in [0.1, 0.15) is 0 Å². The van der Waals surface area contributed by atoms with Gasteiger partial charge in [0.25, 0.3) is 0 Å². The first-order valence-electron chi connectivity index (χ1n) is 8.17. The lowest BCUT2D eigenvalue weighted by molar-refractivity contribution is -0.115. The Kier molecular flexibility index (Phi) is 4.54. The third-order valence-electron chi connectivity index (χ3n) is 4.08. The summed E-state index contributed by atoms with van der Waals surface area (Å²) in [7, 11) is 0. The maximum Gasteiger partial charge on any atom is 0.232 e. The Morgan fingerprint density at radius 2 is 2.16 bits per heavy atom. The van der Waals surface area contributed by atoms with E-state index < -0.39 is 0 Å². The molecule has 1 amide bonds. The Labute approximate surface area is 153 Å². The molecule has 0 fully saturated rings. The first-order valence-corrected chi connectivity index (χ1v) is 9.87. The van der Waals surface area contributed by atoms with Gasteiger partial charge in [-0.05, 0) is 31.2 Å². The number of aromatic nitrogens is 4. The number of rotatable bonds is 4. The zero-order chi connectivity index (χ0) is 17.2. The van der Waals surface area contributed by atoms with E-state index in [2.05, 4.69) is 32.2 Å². The predicted octanol–water partition coefficient (Wildman–Crippen LogP) is 3.36. The van der Waals surface area contributed by atoms with E-state index in [4.69, 9.17) is 0 Å². The van der Waals surface area contributed by atoms with E-state index in [9.17, 15) is 4.79 Å². The predicted molar refractivity (Wildman–Crippen MR) is 98.8 cm³/mol. The van der Waals surface area contributed by atoms with Crippen LogP contribution >= 0.6 is 22.7 Å². The van der Waals surface area contributed by atoms with E-state index in [1.807, 2.05) is 5.38 Å². The van der Waals surface area contributed by atoms with Gasteiger partial charge in [-0.2, -0.15) is 0 Å². The van der Waals surface area contributed by atoms with Gasteiger partial charge in [-0.15, -0.1) is 22.7 Å². The molecule has 4 rings (SSSR count). The lowest BCUT2D eigenvalue weighted by Gasteiger charge is -2.15. The number of hydrogen-bond acceptors (Lipinski definition) is 7. The summed E-state index contributed by atoms with van der Waals surface area (Å²) >= 11 is 3.04. The molecule has 8 heteroatoms. The number of hydrogen-bond donors (Lipinski definition) is 1. The van der Waals surface area contributed by atoms with Gasteiger partial charge >= 0.3 is 0 Å². The molecule has 0 aromatic carbocycles. The molecule has 0 saturated heterocycles. The summed E-state index contributed by atoms with van der Waals surface area (Å²) in [5.41, 5.74) is 1.87. The molecule has 3 aromatic heterocycles. The molecule has 6 nitrogen and oxygen atoms in total. The van der Waals surface area contributed by atoms with Crippen molar-refractivity contribution in [3.8, 4) is 10.8 Å². The third-order valence-corrected chi connectivity index (χ3v) is 6.01. The second kappa shape index (κ2) is 6.97. The Morgan fingerprint density at radius 1 is 1.32 bits per heavy atom. The van der Waals surface area contributed by atoms with Crippen molar-refractivity contribution in [1.82, 2.24) is 19.9 Å². The first-order chi connectivity index (χ1) is 12.2. The highest BCUT2D eigenvalue weighted by atomic mass is 32.1. The number of thiazole rings is 2. The number of fused-ring (bicyclic) bond motifs is 1. The second-order valence-electron chi connectivity index (χ2n) is 6.18. The summed E-state index contributed by atoms with van der Waals surface area (Å²) < 4.78 is 0. The molecule has 0 saturated carbocycles. The standard InChI is InChI=1S/C17H17N5OS2/c1-10-3-4-12-13(7-10)25-17(21-12)22-14(23)8-11-9-24-16(20-11)15-18-5-2-6-19-15/h2,5-6,9-10H,3-4,7-8H2,1H3,(H,21,22,23)/t10-/m1/s1. The van der Waals surface area contributed by atoms with E-state index in [1.54, 1.807) is 29.8 Å². The average molecular weight is 371 g/mol. The van der Waals surface area contributed by atoms with Crippen molar-refractivity contribution in [3.05, 3.63) is 40.1 Å². The highest BCUT2D eigenvalue weighted by Crippen LogP contribution is 2.32. The fourth-order valence-corrected chi connectivity index (χ4v) is 4.77. The van der Waals surface area contributed by atoms with E-state index in [0.717, 1.165) is 29.2 Å². The van der Waals surface area contributed by atoms with Crippen LogP contribution in [0.1, 0.15) is 29.6 Å². The number of amides is 1. The Balaban J connectivity index is 1.40. The van der Waals surface area contributed by atoms with E-state index in [0.29, 0.717) is 16.9 Å². The van der Waals surface area contributed by atoms with Crippen molar-refractivity contribution in [3.63, 3.8) is 0 Å². The number of aryl methyl sites for hydroxylation is 1. The maximum absolute atomic E-state index is 12.3. The average Bonchev–Trinajstić information content (AvgIpc) is 3.21. The van der Waals surface area contributed by atoms with Crippen LogP contribution in [0.25, 0.3) is 10.8 Å². The summed E-state index contributed by atoms with van der Waals surface area (Å²) in [4.78, 5) is 31.0. The normalized spacial score (nSPS) is 16.4. The number of nitrogens with zero attached hydrogens (tertiary/aromatic N) is 4. The van der Waals surface area contributed by atoms with Crippen LogP contribution in [0, 0.1) is 5.92 Å². The second-order valence-corrected chi connectivity index (χ2v) is 8.12. The molecule has 1 aliphatic rings. The molecule has 25 heavy (non-hydrogen) atoms. The third kappa shape index (κ3) is 3.74. The number of nitrogens with one attached hydrogen (secondary N) is 1. The van der Waals surface area contributed by atoms with Gasteiger partial charge in [0, 0.05) is 22.7 Å². The van der Waals surface area contributed by atoms with Crippen LogP contribution in [0.5, 0.6) is 0 Å². The molecule has 128 valence electrons. The smallest absolute Gasteiger partial charge is 0.232 e. The van der Waals surface area contributed by atoms with Crippen LogP contribution in [0.3, 0.4) is 0 Å². The van der Waals surface area contributed by atoms with Gasteiger partial charge in [0.05, 0.1) is 17.8 Å². The number of carbonyl (C=O) groups is 1. The molecule has 1 aliphatic carbocycles. The molecule has 0 aliphatic heterocycles. The van der Waals surface area contributed by atoms with Gasteiger partial charge < -0.3 is 5.32 Å². The van der Waals surface area contributed by atoms with Gasteiger partial charge in [-0.3, -0.25) is 4.79 Å². The zero-order valence-corrected chi connectivity index (χ0v) is 15.4. The monoisotopic (exact) mass is 371 g/mol. The fourth-order valence-electron chi connectivity index (χ4n) is 2.82. The van der Waals surface area contributed by atoms with E-state index in [1.165, 1.54) is 22.6 Å². The lowest BCUT2D eigenvalue weighted by atomic mass is 9.93. The van der Waals surface area contributed by atoms with Crippen LogP contribution < -0.4 is 5.32 Å². The highest BCUT2D eigenvalue weighted by molar-refractivity contribution is 7.16. The van der Waals surface area contributed by atoms with Crippen molar-refractivity contribution in [1.29, 1.82) is 0 Å². The molecule has 1 atom stereocenters. The van der Waals surface area contributed by atoms with Crippen LogP contribution in [0.4, 0.5) is 5.13 Å². The molecule has 0 radical (unpaired) electrons. The van der Waals surface area contributed by atoms with Crippen LogP contribution in [-0.2, 0) is 24.1 Å². The van der Waals surface area contributed by atoms with Gasteiger partial charge in [0.2, 0.25) is 5.91 Å². The SMILES string of the molecule is C[C@@H]1CCc2nc(NC(=O)Cc3csc(-c4ncccn4)n3)sc2C1. The fraction of sp³-hybridized carbons (Fsp3) is 0.353. The quantitative estimate of drug-likeness (QED) is 0.760. The van der Waals surface area contributed by atoms with Crippen LogP contribution in [0.15, 0.2) is 23.8 Å². The molecule has 1 N–H and O–H groups in total. The van der Waals surface area contributed by atoms with Crippen molar-refractivity contribution in [2.75, 3.05) is 5.32 Å². The van der Waals surface area contributed by atoms with Gasteiger partial charge in [-0.1, -0.05) is 6.92 Å². The molecular weight excluding hydrogens is 354 g/mol. The lowest BCUT2D eigenvalue weighted by Crippen LogP contribution is -2.14. The van der Waals surface area contributed by atoms with Crippen molar-refractivity contribution >= 4 is 33.7 Å². The Morgan fingerprint density at radius 3 is 3.00 bits per heavy atom. The Hall–Kier alpha value is -2.19. The zero-order valence-electron chi connectivity index (χ0n) is 13.7. The molecule has 3 aromatic rings. The largest absolute Gasteiger partial charge is 0.302 e. The summed E-state index contributed by atoms with van der Waals surface area (Å²) in [6, 6.07) is 1.76. The van der Waals surface area contributed by atoms with Crippen LogP contribution in [0.2, 0.25) is 0 Å². The summed E-state index contributed by atoms with van der Waals surface area (Å²) in [6.07, 6.45) is 6.84. The summed E-state index contributed by atoms with van der Waals surface area (Å²) in [6.45, 7) is 2.26. The van der Waals surface area contributed by atoms with Gasteiger partial charge in [-0.25, -0.2) is 19.9 Å². The van der Waals surface area contributed by atoms with Crippen molar-refractivity contribution in [2.24, 2.45) is 5.92 Å². The van der Waals surface area contributed by atoms with E-state index >= 15 is 0 Å². The van der Waals surface area contributed by atoms with E-state index in [-0.39, 0.29) is 12.3 Å². The summed E-state index contributed by atoms with van der Waals surface area (Å²) in [5.74, 6) is 1.19. The Bertz CT molecular complexity index is 890.